The van der Waals surface area contributed by atoms with Crippen LogP contribution in [0.15, 0.2) is 78.9 Å². The summed E-state index contributed by atoms with van der Waals surface area (Å²) in [4.78, 5) is 12.4. The molecule has 0 aromatic heterocycles. The first kappa shape index (κ1) is 18.9. The van der Waals surface area contributed by atoms with Crippen molar-refractivity contribution in [2.45, 2.75) is 39.2 Å². The molecule has 0 saturated heterocycles. The third kappa shape index (κ3) is 5.55. The average Bonchev–Trinajstić information content (AvgIpc) is 2.74. The quantitative estimate of drug-likeness (QED) is 0.491. The van der Waals surface area contributed by atoms with Crippen molar-refractivity contribution in [1.29, 1.82) is 0 Å². The second-order valence-electron chi connectivity index (χ2n) is 6.90. The number of hydrogen-bond donors (Lipinski definition) is 1. The fraction of sp³-hybridized carbons (Fsp3) is 0.240. The molecule has 0 bridgehead atoms. The highest BCUT2D eigenvalue weighted by Crippen LogP contribution is 2.19. The van der Waals surface area contributed by atoms with Crippen molar-refractivity contribution in [3.05, 3.63) is 95.6 Å². The molecule has 0 aliphatic heterocycles. The van der Waals surface area contributed by atoms with Gasteiger partial charge in [0.1, 0.15) is 0 Å². The lowest BCUT2D eigenvalue weighted by Crippen LogP contribution is -2.22. The lowest BCUT2D eigenvalue weighted by atomic mass is 10.0. The van der Waals surface area contributed by atoms with E-state index in [4.69, 9.17) is 0 Å². The highest BCUT2D eigenvalue weighted by atomic mass is 16.1. The molecule has 0 unspecified atom stereocenters. The summed E-state index contributed by atoms with van der Waals surface area (Å²) < 4.78 is 0. The first-order valence-electron chi connectivity index (χ1n) is 9.78. The van der Waals surface area contributed by atoms with E-state index in [-0.39, 0.29) is 5.91 Å². The van der Waals surface area contributed by atoms with E-state index in [0.717, 1.165) is 23.1 Å². The van der Waals surface area contributed by atoms with Gasteiger partial charge in [0.2, 0.25) is 0 Å². The van der Waals surface area contributed by atoms with Crippen LogP contribution in [-0.2, 0) is 13.0 Å². The minimum atomic E-state index is -0.0402. The first-order chi connectivity index (χ1) is 13.3. The fourth-order valence-corrected chi connectivity index (χ4v) is 3.13. The molecule has 3 aromatic rings. The third-order valence-corrected chi connectivity index (χ3v) is 4.80. The maximum Gasteiger partial charge on any atom is 0.251 e. The van der Waals surface area contributed by atoms with Gasteiger partial charge in [0, 0.05) is 12.1 Å². The Balaban J connectivity index is 1.53. The number of nitrogens with one attached hydrogen (secondary N) is 1. The SMILES string of the molecule is CCCCCc1ccc(CNC(=O)c2ccc(-c3ccccc3)cc2)cc1. The monoisotopic (exact) mass is 357 g/mol. The van der Waals surface area contributed by atoms with Gasteiger partial charge < -0.3 is 5.32 Å². The zero-order valence-electron chi connectivity index (χ0n) is 15.9. The predicted octanol–water partition coefficient (Wildman–Crippen LogP) is 6.02. The number of rotatable bonds is 8. The van der Waals surface area contributed by atoms with Crippen LogP contribution in [0.3, 0.4) is 0 Å². The van der Waals surface area contributed by atoms with Gasteiger partial charge in [-0.05, 0) is 47.2 Å². The van der Waals surface area contributed by atoms with Crippen molar-refractivity contribution in [1.82, 2.24) is 5.32 Å². The zero-order valence-corrected chi connectivity index (χ0v) is 15.9. The maximum absolute atomic E-state index is 12.4. The van der Waals surface area contributed by atoms with E-state index >= 15 is 0 Å². The van der Waals surface area contributed by atoms with Crippen LogP contribution in [-0.4, -0.2) is 5.91 Å². The maximum atomic E-state index is 12.4. The second-order valence-corrected chi connectivity index (χ2v) is 6.90. The van der Waals surface area contributed by atoms with Crippen molar-refractivity contribution in [3.8, 4) is 11.1 Å². The Morgan fingerprint density at radius 1 is 0.741 bits per heavy atom. The van der Waals surface area contributed by atoms with Crippen LogP contribution in [0.2, 0.25) is 0 Å². The number of benzene rings is 3. The summed E-state index contributed by atoms with van der Waals surface area (Å²) in [7, 11) is 0. The summed E-state index contributed by atoms with van der Waals surface area (Å²) in [6.45, 7) is 2.77. The van der Waals surface area contributed by atoms with Gasteiger partial charge in [-0.1, -0.05) is 86.5 Å². The minimum absolute atomic E-state index is 0.0402. The van der Waals surface area contributed by atoms with Gasteiger partial charge in [0.05, 0.1) is 0 Å². The lowest BCUT2D eigenvalue weighted by Gasteiger charge is -2.08. The number of unbranched alkanes of at least 4 members (excludes halogenated alkanes) is 2. The number of carbonyl (C=O) groups is 1. The van der Waals surface area contributed by atoms with Crippen molar-refractivity contribution < 1.29 is 4.79 Å². The smallest absolute Gasteiger partial charge is 0.251 e. The molecule has 0 saturated carbocycles. The van der Waals surface area contributed by atoms with Gasteiger partial charge in [-0.15, -0.1) is 0 Å². The van der Waals surface area contributed by atoms with Gasteiger partial charge in [-0.25, -0.2) is 0 Å². The van der Waals surface area contributed by atoms with Gasteiger partial charge in [-0.2, -0.15) is 0 Å². The molecular formula is C25H27NO. The Kier molecular flexibility index (Phi) is 6.81. The molecule has 3 rings (SSSR count). The Morgan fingerprint density at radius 2 is 1.37 bits per heavy atom. The van der Waals surface area contributed by atoms with Crippen LogP contribution in [0.5, 0.6) is 0 Å². The normalized spacial score (nSPS) is 10.6. The summed E-state index contributed by atoms with van der Waals surface area (Å²) >= 11 is 0. The minimum Gasteiger partial charge on any atom is -0.348 e. The van der Waals surface area contributed by atoms with Crippen molar-refractivity contribution in [2.75, 3.05) is 0 Å². The molecule has 0 aliphatic rings. The molecule has 1 N–H and O–H groups in total. The molecule has 3 aromatic carbocycles. The second kappa shape index (κ2) is 9.72. The van der Waals surface area contributed by atoms with Crippen molar-refractivity contribution >= 4 is 5.91 Å². The molecule has 0 atom stereocenters. The molecule has 0 radical (unpaired) electrons. The van der Waals surface area contributed by atoms with E-state index in [1.807, 2.05) is 42.5 Å². The van der Waals surface area contributed by atoms with E-state index in [9.17, 15) is 4.79 Å². The number of hydrogen-bond acceptors (Lipinski definition) is 1. The van der Waals surface area contributed by atoms with Crippen LogP contribution >= 0.6 is 0 Å². The average molecular weight is 357 g/mol. The van der Waals surface area contributed by atoms with Crippen LogP contribution < -0.4 is 5.32 Å². The van der Waals surface area contributed by atoms with E-state index in [1.54, 1.807) is 0 Å². The molecule has 2 nitrogen and oxygen atoms in total. The van der Waals surface area contributed by atoms with Crippen molar-refractivity contribution in [2.24, 2.45) is 0 Å². The summed E-state index contributed by atoms with van der Waals surface area (Å²) in [5.74, 6) is -0.0402. The molecule has 0 aliphatic carbocycles. The first-order valence-corrected chi connectivity index (χ1v) is 9.78. The van der Waals surface area contributed by atoms with Crippen LogP contribution in [0.4, 0.5) is 0 Å². The van der Waals surface area contributed by atoms with Gasteiger partial charge in [-0.3, -0.25) is 4.79 Å². The molecule has 1 amide bonds. The van der Waals surface area contributed by atoms with Gasteiger partial charge in [0.25, 0.3) is 5.91 Å². The Labute approximate surface area is 162 Å². The summed E-state index contributed by atoms with van der Waals surface area (Å²) in [6, 6.07) is 26.5. The Hall–Kier alpha value is -2.87. The standard InChI is InChI=1S/C25H27NO/c1-2-3-5-8-20-11-13-21(14-12-20)19-26-25(27)24-17-15-23(16-18-24)22-9-6-4-7-10-22/h4,6-7,9-18H,2-3,5,8,19H2,1H3,(H,26,27). The lowest BCUT2D eigenvalue weighted by molar-refractivity contribution is 0.0951. The fourth-order valence-electron chi connectivity index (χ4n) is 3.13. The van der Waals surface area contributed by atoms with Gasteiger partial charge >= 0.3 is 0 Å². The third-order valence-electron chi connectivity index (χ3n) is 4.80. The summed E-state index contributed by atoms with van der Waals surface area (Å²) in [6.07, 6.45) is 4.90. The summed E-state index contributed by atoms with van der Waals surface area (Å²) in [5.41, 5.74) is 5.46. The highest BCUT2D eigenvalue weighted by Gasteiger charge is 2.06. The predicted molar refractivity (Wildman–Crippen MR) is 113 cm³/mol. The Bertz CT molecular complexity index is 836. The van der Waals surface area contributed by atoms with Crippen LogP contribution in [0, 0.1) is 0 Å². The number of aryl methyl sites for hydroxylation is 1. The summed E-state index contributed by atoms with van der Waals surface area (Å²) in [5, 5.41) is 3.01. The molecule has 138 valence electrons. The molecular weight excluding hydrogens is 330 g/mol. The highest BCUT2D eigenvalue weighted by molar-refractivity contribution is 5.94. The van der Waals surface area contributed by atoms with E-state index < -0.39 is 0 Å². The van der Waals surface area contributed by atoms with Gasteiger partial charge in [0.15, 0.2) is 0 Å². The number of carbonyl (C=O) groups excluding carboxylic acids is 1. The van der Waals surface area contributed by atoms with E-state index in [0.29, 0.717) is 12.1 Å². The molecule has 0 heterocycles. The van der Waals surface area contributed by atoms with E-state index in [1.165, 1.54) is 24.8 Å². The largest absolute Gasteiger partial charge is 0.348 e. The Morgan fingerprint density at radius 3 is 2.04 bits per heavy atom. The zero-order chi connectivity index (χ0) is 18.9. The molecule has 0 spiro atoms. The topological polar surface area (TPSA) is 29.1 Å². The van der Waals surface area contributed by atoms with Crippen LogP contribution in [0.25, 0.3) is 11.1 Å². The molecule has 0 fully saturated rings. The number of amides is 1. The molecule has 2 heteroatoms. The van der Waals surface area contributed by atoms with Crippen LogP contribution in [0.1, 0.15) is 47.7 Å². The van der Waals surface area contributed by atoms with E-state index in [2.05, 4.69) is 48.6 Å². The van der Waals surface area contributed by atoms with Crippen molar-refractivity contribution in [3.63, 3.8) is 0 Å². The molecule has 27 heavy (non-hydrogen) atoms.